The highest BCUT2D eigenvalue weighted by atomic mass is 19.1. The molecule has 0 saturated heterocycles. The minimum absolute atomic E-state index is 0.0750. The van der Waals surface area contributed by atoms with Gasteiger partial charge >= 0.3 is 6.03 Å². The maximum absolute atomic E-state index is 15.0. The van der Waals surface area contributed by atoms with Crippen molar-refractivity contribution < 1.29 is 27.8 Å². The van der Waals surface area contributed by atoms with E-state index in [0.717, 1.165) is 22.3 Å². The van der Waals surface area contributed by atoms with E-state index in [-0.39, 0.29) is 18.0 Å². The van der Waals surface area contributed by atoms with E-state index in [9.17, 15) is 4.79 Å². The van der Waals surface area contributed by atoms with Crippen LogP contribution in [-0.4, -0.2) is 39.4 Å². The standard InChI is InChI=1S/C24H24F2N4O4/c1-29-17-9-20(27-11-14-5-7-16(32-2)8-6-14)28-12-15(17)13-30(24(29)31)23-21(25)18(33-3)10-19(34-4)22(23)26/h5-10,12H,11,13H2,1-4H3,(H,27,28). The topological polar surface area (TPSA) is 76.2 Å². The fraction of sp³-hybridized carbons (Fsp3) is 0.250. The molecule has 2 heterocycles. The Labute approximate surface area is 195 Å². The zero-order valence-corrected chi connectivity index (χ0v) is 19.2. The fourth-order valence-electron chi connectivity index (χ4n) is 3.75. The maximum atomic E-state index is 15.0. The fourth-order valence-corrected chi connectivity index (χ4v) is 3.75. The average molecular weight is 470 g/mol. The number of fused-ring (bicyclic) bond motifs is 1. The largest absolute Gasteiger partial charge is 0.497 e. The van der Waals surface area contributed by atoms with Crippen LogP contribution in [0.15, 0.2) is 42.6 Å². The Hall–Kier alpha value is -4.08. The highest BCUT2D eigenvalue weighted by molar-refractivity contribution is 6.06. The molecule has 3 aromatic rings. The molecule has 0 spiro atoms. The second-order valence-corrected chi connectivity index (χ2v) is 7.59. The van der Waals surface area contributed by atoms with Gasteiger partial charge in [-0.2, -0.15) is 0 Å². The Bertz CT molecular complexity index is 1190. The molecule has 1 N–H and O–H groups in total. The number of anilines is 3. The van der Waals surface area contributed by atoms with E-state index in [2.05, 4.69) is 10.3 Å². The molecule has 0 unspecified atom stereocenters. The number of nitrogens with zero attached hydrogens (tertiary/aromatic N) is 3. The third-order valence-corrected chi connectivity index (χ3v) is 5.62. The quantitative estimate of drug-likeness (QED) is 0.545. The Morgan fingerprint density at radius 2 is 1.65 bits per heavy atom. The van der Waals surface area contributed by atoms with Gasteiger partial charge in [0.25, 0.3) is 0 Å². The van der Waals surface area contributed by atoms with E-state index in [0.29, 0.717) is 23.6 Å². The van der Waals surface area contributed by atoms with Crippen LogP contribution in [0, 0.1) is 11.6 Å². The monoisotopic (exact) mass is 470 g/mol. The predicted molar refractivity (Wildman–Crippen MR) is 124 cm³/mol. The third kappa shape index (κ3) is 4.14. The lowest BCUT2D eigenvalue weighted by atomic mass is 10.1. The van der Waals surface area contributed by atoms with Crippen LogP contribution in [0.1, 0.15) is 11.1 Å². The van der Waals surface area contributed by atoms with Gasteiger partial charge in [0.15, 0.2) is 23.1 Å². The second kappa shape index (κ2) is 9.42. The van der Waals surface area contributed by atoms with Crippen molar-refractivity contribution in [3.05, 3.63) is 65.4 Å². The number of aromatic nitrogens is 1. The van der Waals surface area contributed by atoms with E-state index in [1.807, 2.05) is 24.3 Å². The molecule has 1 aromatic heterocycles. The molecule has 0 saturated carbocycles. The molecule has 0 fully saturated rings. The first-order valence-electron chi connectivity index (χ1n) is 10.4. The number of nitrogens with one attached hydrogen (secondary N) is 1. The van der Waals surface area contributed by atoms with Gasteiger partial charge in [-0.1, -0.05) is 12.1 Å². The lowest BCUT2D eigenvalue weighted by molar-refractivity contribution is 0.250. The number of rotatable bonds is 7. The molecule has 8 nitrogen and oxygen atoms in total. The number of hydrogen-bond donors (Lipinski definition) is 1. The molecule has 0 aliphatic carbocycles. The third-order valence-electron chi connectivity index (χ3n) is 5.62. The SMILES string of the molecule is COc1ccc(CNc2cc3c(cn2)CN(c2c(F)c(OC)cc(OC)c2F)C(=O)N3C)cc1. The van der Waals surface area contributed by atoms with Gasteiger partial charge < -0.3 is 19.5 Å². The average Bonchev–Trinajstić information content (AvgIpc) is 2.86. The number of ether oxygens (including phenoxy) is 3. The van der Waals surface area contributed by atoms with E-state index >= 15 is 8.78 Å². The van der Waals surface area contributed by atoms with Crippen LogP contribution in [-0.2, 0) is 13.1 Å². The molecule has 0 atom stereocenters. The molecular weight excluding hydrogens is 446 g/mol. The molecule has 1 aliphatic rings. The summed E-state index contributed by atoms with van der Waals surface area (Å²) in [5, 5.41) is 3.22. The van der Waals surface area contributed by atoms with Crippen LogP contribution in [0.5, 0.6) is 17.2 Å². The lowest BCUT2D eigenvalue weighted by Crippen LogP contribution is -2.46. The van der Waals surface area contributed by atoms with Crippen molar-refractivity contribution in [1.29, 1.82) is 0 Å². The number of pyridine rings is 1. The maximum Gasteiger partial charge on any atom is 0.329 e. The molecule has 2 amide bonds. The Morgan fingerprint density at radius 3 is 2.24 bits per heavy atom. The Kier molecular flexibility index (Phi) is 6.40. The highest BCUT2D eigenvalue weighted by Crippen LogP contribution is 2.40. The summed E-state index contributed by atoms with van der Waals surface area (Å²) in [6, 6.07) is 9.82. The van der Waals surface area contributed by atoms with Gasteiger partial charge in [0, 0.05) is 37.5 Å². The lowest BCUT2D eigenvalue weighted by Gasteiger charge is -2.35. The smallest absolute Gasteiger partial charge is 0.329 e. The molecule has 178 valence electrons. The van der Waals surface area contributed by atoms with Gasteiger partial charge in [0.1, 0.15) is 17.3 Å². The van der Waals surface area contributed by atoms with Crippen LogP contribution >= 0.6 is 0 Å². The Balaban J connectivity index is 1.61. The van der Waals surface area contributed by atoms with Crippen molar-refractivity contribution in [3.8, 4) is 17.2 Å². The van der Waals surface area contributed by atoms with E-state index in [1.54, 1.807) is 19.4 Å². The van der Waals surface area contributed by atoms with Crippen LogP contribution in [0.2, 0.25) is 0 Å². The van der Waals surface area contributed by atoms with Crippen molar-refractivity contribution in [1.82, 2.24) is 4.98 Å². The first-order valence-corrected chi connectivity index (χ1v) is 10.4. The van der Waals surface area contributed by atoms with E-state index < -0.39 is 23.4 Å². The summed E-state index contributed by atoms with van der Waals surface area (Å²) in [6.07, 6.45) is 1.58. The summed E-state index contributed by atoms with van der Waals surface area (Å²) in [7, 11) is 5.65. The van der Waals surface area contributed by atoms with Crippen molar-refractivity contribution in [2.75, 3.05) is 43.5 Å². The van der Waals surface area contributed by atoms with Crippen LogP contribution in [0.4, 0.5) is 30.8 Å². The minimum atomic E-state index is -0.989. The normalized spacial score (nSPS) is 12.9. The first kappa shape index (κ1) is 23.1. The number of carbonyl (C=O) groups excluding carboxylic acids is 1. The molecule has 0 bridgehead atoms. The molecule has 1 aliphatic heterocycles. The van der Waals surface area contributed by atoms with Crippen LogP contribution in [0.3, 0.4) is 0 Å². The summed E-state index contributed by atoms with van der Waals surface area (Å²) in [5.41, 5.74) is 1.69. The van der Waals surface area contributed by atoms with Crippen LogP contribution in [0.25, 0.3) is 0 Å². The summed E-state index contributed by atoms with van der Waals surface area (Å²) in [4.78, 5) is 19.9. The summed E-state index contributed by atoms with van der Waals surface area (Å²) in [5.74, 6) is -1.12. The van der Waals surface area contributed by atoms with Crippen molar-refractivity contribution in [3.63, 3.8) is 0 Å². The van der Waals surface area contributed by atoms with Gasteiger partial charge in [0.2, 0.25) is 0 Å². The number of hydrogen-bond acceptors (Lipinski definition) is 6. The van der Waals surface area contributed by atoms with Gasteiger partial charge in [-0.05, 0) is 17.7 Å². The summed E-state index contributed by atoms with van der Waals surface area (Å²) >= 11 is 0. The number of methoxy groups -OCH3 is 3. The van der Waals surface area contributed by atoms with Gasteiger partial charge in [-0.3, -0.25) is 9.80 Å². The number of urea groups is 1. The van der Waals surface area contributed by atoms with Crippen molar-refractivity contribution in [2.45, 2.75) is 13.1 Å². The predicted octanol–water partition coefficient (Wildman–Crippen LogP) is 4.57. The molecule has 4 rings (SSSR count). The van der Waals surface area contributed by atoms with E-state index in [1.165, 1.54) is 26.2 Å². The van der Waals surface area contributed by atoms with Gasteiger partial charge in [-0.25, -0.2) is 18.6 Å². The van der Waals surface area contributed by atoms with Crippen molar-refractivity contribution in [2.24, 2.45) is 0 Å². The molecule has 10 heteroatoms. The minimum Gasteiger partial charge on any atom is -0.497 e. The molecule has 34 heavy (non-hydrogen) atoms. The summed E-state index contributed by atoms with van der Waals surface area (Å²) in [6.45, 7) is 0.439. The number of amides is 2. The zero-order chi connectivity index (χ0) is 24.4. The van der Waals surface area contributed by atoms with Gasteiger partial charge in [0.05, 0.1) is 33.6 Å². The highest BCUT2D eigenvalue weighted by Gasteiger charge is 2.35. The first-order chi connectivity index (χ1) is 16.4. The number of carbonyl (C=O) groups is 1. The second-order valence-electron chi connectivity index (χ2n) is 7.59. The number of halogens is 2. The van der Waals surface area contributed by atoms with E-state index in [4.69, 9.17) is 14.2 Å². The molecule has 0 radical (unpaired) electrons. The van der Waals surface area contributed by atoms with Gasteiger partial charge in [-0.15, -0.1) is 0 Å². The summed E-state index contributed by atoms with van der Waals surface area (Å²) < 4.78 is 45.2. The van der Waals surface area contributed by atoms with Crippen LogP contribution < -0.4 is 29.3 Å². The van der Waals surface area contributed by atoms with Crippen molar-refractivity contribution >= 4 is 23.2 Å². The number of benzene rings is 2. The zero-order valence-electron chi connectivity index (χ0n) is 19.2. The molecule has 2 aromatic carbocycles. The Morgan fingerprint density at radius 1 is 1.00 bits per heavy atom. The molecular formula is C24H24F2N4O4.